The Labute approximate surface area is 135 Å². The number of unbranched alkanes of at least 4 members (excludes halogenated alkanes) is 1. The van der Waals surface area contributed by atoms with Gasteiger partial charge in [-0.2, -0.15) is 14.3 Å². The monoisotopic (exact) mass is 382 g/mol. The van der Waals surface area contributed by atoms with Crippen molar-refractivity contribution in [2.75, 3.05) is 18.1 Å². The molecule has 1 atom stereocenters. The molecule has 0 bridgehead atoms. The molecule has 24 heavy (non-hydrogen) atoms. The van der Waals surface area contributed by atoms with Crippen molar-refractivity contribution in [1.82, 2.24) is 19.5 Å². The number of fused-ring (bicyclic) bond motifs is 1. The lowest BCUT2D eigenvalue weighted by atomic mass is 10.3. The topological polar surface area (TPSA) is 209 Å². The van der Waals surface area contributed by atoms with Crippen molar-refractivity contribution in [3.05, 3.63) is 6.33 Å². The van der Waals surface area contributed by atoms with Crippen LogP contribution in [0.2, 0.25) is 0 Å². The van der Waals surface area contributed by atoms with Gasteiger partial charge >= 0.3 is 15.6 Å². The van der Waals surface area contributed by atoms with Gasteiger partial charge in [0.1, 0.15) is 5.52 Å². The molecule has 0 radical (unpaired) electrons. The lowest BCUT2D eigenvalue weighted by Gasteiger charge is -2.12. The molecule has 7 N–H and O–H groups in total. The number of nitrogens with two attached hydrogens (primary N) is 2. The molecule has 0 aliphatic heterocycles. The van der Waals surface area contributed by atoms with Gasteiger partial charge in [-0.3, -0.25) is 4.52 Å². The summed E-state index contributed by atoms with van der Waals surface area (Å²) in [7, 11) is -9.91. The Hall–Kier alpha value is -1.59. The van der Waals surface area contributed by atoms with Gasteiger partial charge in [0.25, 0.3) is 0 Å². The summed E-state index contributed by atoms with van der Waals surface area (Å²) < 4.78 is 31.5. The van der Waals surface area contributed by atoms with Crippen molar-refractivity contribution in [1.29, 1.82) is 0 Å². The maximum Gasteiger partial charge on any atom is 0.481 e. The van der Waals surface area contributed by atoms with E-state index in [2.05, 4.69) is 23.8 Å². The molecule has 0 aliphatic rings. The number of nitrogens with zero attached hydrogens (tertiary/aromatic N) is 4. The molecule has 1 unspecified atom stereocenters. The van der Waals surface area contributed by atoms with Gasteiger partial charge in [-0.15, -0.1) is 0 Å². The number of hydrogen-bond donors (Lipinski definition) is 5. The quantitative estimate of drug-likeness (QED) is 0.302. The van der Waals surface area contributed by atoms with Gasteiger partial charge in [0.15, 0.2) is 11.5 Å². The number of imidazole rings is 1. The smallest absolute Gasteiger partial charge is 0.382 e. The van der Waals surface area contributed by atoms with Crippen LogP contribution in [0.15, 0.2) is 6.33 Å². The first-order chi connectivity index (χ1) is 11.1. The number of anilines is 2. The number of aryl methyl sites for hydroxylation is 1. The van der Waals surface area contributed by atoms with Gasteiger partial charge in [0.05, 0.1) is 12.9 Å². The second kappa shape index (κ2) is 7.11. The van der Waals surface area contributed by atoms with Crippen LogP contribution in [0.25, 0.3) is 11.2 Å². The van der Waals surface area contributed by atoms with E-state index in [0.29, 0.717) is 30.6 Å². The predicted molar refractivity (Wildman–Crippen MR) is 82.3 cm³/mol. The van der Waals surface area contributed by atoms with Crippen LogP contribution in [0.4, 0.5) is 11.8 Å². The third-order valence-corrected chi connectivity index (χ3v) is 4.95. The Bertz CT molecular complexity index is 820. The molecular weight excluding hydrogens is 366 g/mol. The zero-order chi connectivity index (χ0) is 18.0. The van der Waals surface area contributed by atoms with Crippen LogP contribution in [-0.2, 0) is 24.5 Å². The zero-order valence-electron chi connectivity index (χ0n) is 12.2. The van der Waals surface area contributed by atoms with E-state index in [1.807, 2.05) is 0 Å². The largest absolute Gasteiger partial charge is 0.481 e. The van der Waals surface area contributed by atoms with Gasteiger partial charge in [0, 0.05) is 6.54 Å². The fraction of sp³-hybridized carbons (Fsp3) is 0.444. The fourth-order valence-corrected chi connectivity index (χ4v) is 3.49. The second-order valence-corrected chi connectivity index (χ2v) is 7.49. The fourth-order valence-electron chi connectivity index (χ4n) is 1.87. The van der Waals surface area contributed by atoms with Crippen molar-refractivity contribution < 1.29 is 32.6 Å². The lowest BCUT2D eigenvalue weighted by molar-refractivity contribution is 0.175. The van der Waals surface area contributed by atoms with Crippen LogP contribution >= 0.6 is 15.6 Å². The summed E-state index contributed by atoms with van der Waals surface area (Å²) in [6.07, 6.45) is 2.31. The lowest BCUT2D eigenvalue weighted by Crippen LogP contribution is -2.04. The average Bonchev–Trinajstić information content (AvgIpc) is 2.78. The average molecular weight is 382 g/mol. The van der Waals surface area contributed by atoms with E-state index in [1.165, 1.54) is 6.33 Å². The van der Waals surface area contributed by atoms with Crippen molar-refractivity contribution in [3.8, 4) is 0 Å². The Kier molecular flexibility index (Phi) is 5.56. The normalized spacial score (nSPS) is 14.8. The molecule has 2 aromatic heterocycles. The van der Waals surface area contributed by atoms with Gasteiger partial charge in [0.2, 0.25) is 5.95 Å². The minimum Gasteiger partial charge on any atom is -0.382 e. The number of hydrogen-bond acceptors (Lipinski definition) is 9. The summed E-state index contributed by atoms with van der Waals surface area (Å²) in [6, 6.07) is 0. The Morgan fingerprint density at radius 3 is 2.54 bits per heavy atom. The van der Waals surface area contributed by atoms with E-state index in [1.54, 1.807) is 4.57 Å². The van der Waals surface area contributed by atoms with E-state index >= 15 is 0 Å². The number of nitrogen functional groups attached to an aromatic ring is 2. The molecule has 2 heterocycles. The molecule has 0 saturated heterocycles. The SMILES string of the molecule is Nc1nc(N)c2ncn(CCCCOP(=O)(O)OP(=O)(O)O)c2n1. The van der Waals surface area contributed by atoms with Gasteiger partial charge in [-0.05, 0) is 12.8 Å². The van der Waals surface area contributed by atoms with Crippen LogP contribution in [0.1, 0.15) is 12.8 Å². The molecule has 0 amide bonds. The molecule has 15 heteroatoms. The highest BCUT2D eigenvalue weighted by molar-refractivity contribution is 7.60. The Balaban J connectivity index is 1.85. The summed E-state index contributed by atoms with van der Waals surface area (Å²) >= 11 is 0. The summed E-state index contributed by atoms with van der Waals surface area (Å²) in [5, 5.41) is 0. The van der Waals surface area contributed by atoms with Crippen molar-refractivity contribution in [2.45, 2.75) is 19.4 Å². The molecule has 0 aliphatic carbocycles. The maximum atomic E-state index is 11.2. The highest BCUT2D eigenvalue weighted by atomic mass is 31.3. The van der Waals surface area contributed by atoms with E-state index in [-0.39, 0.29) is 18.4 Å². The van der Waals surface area contributed by atoms with Crippen LogP contribution in [-0.4, -0.2) is 40.8 Å². The standard InChI is InChI=1S/C9H16N6O7P2/c10-7-6-8(14-9(11)13-7)15(5-12-6)3-1-2-4-21-24(19,20)22-23(16,17)18/h5H,1-4H2,(H,19,20)(H2,16,17,18)(H4,10,11,13,14). The van der Waals surface area contributed by atoms with Gasteiger partial charge < -0.3 is 30.7 Å². The summed E-state index contributed by atoms with van der Waals surface area (Å²) in [5.74, 6) is 0.177. The molecule has 2 rings (SSSR count). The summed E-state index contributed by atoms with van der Waals surface area (Å²) in [5.41, 5.74) is 12.1. The minimum atomic E-state index is -5.11. The van der Waals surface area contributed by atoms with Crippen LogP contribution in [0, 0.1) is 0 Å². The van der Waals surface area contributed by atoms with E-state index in [4.69, 9.17) is 26.1 Å². The maximum absolute atomic E-state index is 11.2. The Morgan fingerprint density at radius 2 is 1.88 bits per heavy atom. The molecular formula is C9H16N6O7P2. The van der Waals surface area contributed by atoms with Crippen LogP contribution in [0.3, 0.4) is 0 Å². The number of aromatic nitrogens is 4. The number of phosphoric ester groups is 1. The third-order valence-electron chi connectivity index (χ3n) is 2.77. The van der Waals surface area contributed by atoms with Crippen molar-refractivity contribution in [3.63, 3.8) is 0 Å². The van der Waals surface area contributed by atoms with Crippen molar-refractivity contribution >= 4 is 38.6 Å². The van der Waals surface area contributed by atoms with E-state index in [9.17, 15) is 9.13 Å². The Morgan fingerprint density at radius 1 is 1.17 bits per heavy atom. The van der Waals surface area contributed by atoms with E-state index in [0.717, 1.165) is 0 Å². The third kappa shape index (κ3) is 5.21. The summed E-state index contributed by atoms with van der Waals surface area (Å²) in [4.78, 5) is 37.9. The minimum absolute atomic E-state index is 0.0147. The van der Waals surface area contributed by atoms with Crippen LogP contribution in [0.5, 0.6) is 0 Å². The number of rotatable bonds is 8. The number of phosphoric acid groups is 2. The molecule has 2 aromatic rings. The molecule has 0 spiro atoms. The first-order valence-electron chi connectivity index (χ1n) is 6.55. The van der Waals surface area contributed by atoms with Crippen molar-refractivity contribution in [2.24, 2.45) is 0 Å². The zero-order valence-corrected chi connectivity index (χ0v) is 14.0. The molecule has 134 valence electrons. The predicted octanol–water partition coefficient (Wildman–Crippen LogP) is -0.00280. The highest BCUT2D eigenvalue weighted by Gasteiger charge is 2.31. The van der Waals surface area contributed by atoms with Gasteiger partial charge in [-0.25, -0.2) is 14.1 Å². The molecule has 0 aromatic carbocycles. The second-order valence-electron chi connectivity index (χ2n) is 4.66. The molecule has 0 saturated carbocycles. The summed E-state index contributed by atoms with van der Waals surface area (Å²) in [6.45, 7) is 0.199. The highest BCUT2D eigenvalue weighted by Crippen LogP contribution is 2.57. The first-order valence-corrected chi connectivity index (χ1v) is 9.58. The van der Waals surface area contributed by atoms with Gasteiger partial charge in [-0.1, -0.05) is 0 Å². The van der Waals surface area contributed by atoms with Crippen LogP contribution < -0.4 is 11.5 Å². The molecule has 13 nitrogen and oxygen atoms in total. The molecule has 0 fully saturated rings. The van der Waals surface area contributed by atoms with E-state index < -0.39 is 15.6 Å². The first kappa shape index (κ1) is 18.7.